The average molecular weight is 211 g/mol. The van der Waals surface area contributed by atoms with Crippen LogP contribution in [0.1, 0.15) is 13.3 Å². The lowest BCUT2D eigenvalue weighted by molar-refractivity contribution is 0.188. The van der Waals surface area contributed by atoms with Gasteiger partial charge in [-0.2, -0.15) is 9.97 Å². The van der Waals surface area contributed by atoms with Gasteiger partial charge in [0.05, 0.1) is 6.10 Å². The SMILES string of the molecule is CNc1cc(NCCC(C)O)nc(N)n1. The summed E-state index contributed by atoms with van der Waals surface area (Å²) in [5, 5.41) is 15.0. The summed E-state index contributed by atoms with van der Waals surface area (Å²) in [6.07, 6.45) is 0.346. The molecule has 1 aromatic rings. The molecule has 15 heavy (non-hydrogen) atoms. The summed E-state index contributed by atoms with van der Waals surface area (Å²) in [5.41, 5.74) is 5.51. The molecule has 6 nitrogen and oxygen atoms in total. The van der Waals surface area contributed by atoms with Gasteiger partial charge in [-0.15, -0.1) is 0 Å². The molecule has 0 saturated heterocycles. The van der Waals surface area contributed by atoms with E-state index in [0.717, 1.165) is 0 Å². The summed E-state index contributed by atoms with van der Waals surface area (Å²) in [4.78, 5) is 7.97. The molecule has 0 aromatic carbocycles. The zero-order chi connectivity index (χ0) is 11.3. The van der Waals surface area contributed by atoms with Crippen molar-refractivity contribution in [2.45, 2.75) is 19.4 Å². The molecule has 1 aromatic heterocycles. The topological polar surface area (TPSA) is 96.1 Å². The van der Waals surface area contributed by atoms with Crippen molar-refractivity contribution in [3.8, 4) is 0 Å². The molecule has 1 atom stereocenters. The number of hydrogen-bond donors (Lipinski definition) is 4. The third-order valence-electron chi connectivity index (χ3n) is 1.87. The summed E-state index contributed by atoms with van der Waals surface area (Å²) in [5.74, 6) is 1.55. The highest BCUT2D eigenvalue weighted by molar-refractivity contribution is 5.50. The van der Waals surface area contributed by atoms with Crippen LogP contribution >= 0.6 is 0 Å². The number of nitrogens with zero attached hydrogens (tertiary/aromatic N) is 2. The molecular weight excluding hydrogens is 194 g/mol. The van der Waals surface area contributed by atoms with Gasteiger partial charge in [-0.3, -0.25) is 0 Å². The van der Waals surface area contributed by atoms with Crippen LogP contribution in [0.3, 0.4) is 0 Å². The molecule has 0 fully saturated rings. The first-order valence-electron chi connectivity index (χ1n) is 4.86. The van der Waals surface area contributed by atoms with Gasteiger partial charge in [0.15, 0.2) is 0 Å². The van der Waals surface area contributed by atoms with E-state index in [9.17, 15) is 0 Å². The predicted molar refractivity (Wildman–Crippen MR) is 60.8 cm³/mol. The predicted octanol–water partition coefficient (Wildman–Crippen LogP) is 0.283. The maximum atomic E-state index is 9.08. The summed E-state index contributed by atoms with van der Waals surface area (Å²) in [7, 11) is 1.77. The molecule has 0 aliphatic heterocycles. The number of nitrogens with two attached hydrogens (primary N) is 1. The first kappa shape index (κ1) is 11.5. The van der Waals surface area contributed by atoms with Gasteiger partial charge >= 0.3 is 0 Å². The Bertz CT molecular complexity index is 315. The van der Waals surface area contributed by atoms with Crippen LogP contribution in [0, 0.1) is 0 Å². The maximum absolute atomic E-state index is 9.08. The Morgan fingerprint density at radius 1 is 1.47 bits per heavy atom. The first-order chi connectivity index (χ1) is 7.11. The molecule has 1 unspecified atom stereocenters. The number of nitrogens with one attached hydrogen (secondary N) is 2. The average Bonchev–Trinajstić information content (AvgIpc) is 2.16. The monoisotopic (exact) mass is 211 g/mol. The van der Waals surface area contributed by atoms with Gasteiger partial charge in [0, 0.05) is 19.7 Å². The molecule has 1 heterocycles. The van der Waals surface area contributed by atoms with E-state index < -0.39 is 0 Å². The van der Waals surface area contributed by atoms with E-state index in [1.54, 1.807) is 20.0 Å². The van der Waals surface area contributed by atoms with Crippen molar-refractivity contribution >= 4 is 17.6 Å². The molecule has 0 spiro atoms. The third kappa shape index (κ3) is 3.99. The van der Waals surface area contributed by atoms with Crippen LogP contribution in [0.5, 0.6) is 0 Å². The standard InChI is InChI=1S/C9H17N5O/c1-6(15)3-4-12-8-5-7(11-2)13-9(10)14-8/h5-6,15H,3-4H2,1-2H3,(H4,10,11,12,13,14). The van der Waals surface area contributed by atoms with Crippen LogP contribution in [0.15, 0.2) is 6.07 Å². The van der Waals surface area contributed by atoms with E-state index in [4.69, 9.17) is 10.8 Å². The molecular formula is C9H17N5O. The summed E-state index contributed by atoms with van der Waals surface area (Å²) < 4.78 is 0. The molecule has 0 amide bonds. The van der Waals surface area contributed by atoms with Gasteiger partial charge in [-0.25, -0.2) is 0 Å². The molecule has 84 valence electrons. The fraction of sp³-hybridized carbons (Fsp3) is 0.556. The van der Waals surface area contributed by atoms with E-state index in [-0.39, 0.29) is 12.1 Å². The molecule has 0 aliphatic rings. The molecule has 0 radical (unpaired) electrons. The van der Waals surface area contributed by atoms with Crippen LogP contribution < -0.4 is 16.4 Å². The molecule has 0 aliphatic carbocycles. The van der Waals surface area contributed by atoms with Crippen molar-refractivity contribution in [2.24, 2.45) is 0 Å². The first-order valence-corrected chi connectivity index (χ1v) is 4.86. The number of rotatable bonds is 5. The van der Waals surface area contributed by atoms with Crippen molar-refractivity contribution < 1.29 is 5.11 Å². The van der Waals surface area contributed by atoms with Crippen molar-refractivity contribution in [1.29, 1.82) is 0 Å². The van der Waals surface area contributed by atoms with Crippen LogP contribution in [0.2, 0.25) is 0 Å². The van der Waals surface area contributed by atoms with Gasteiger partial charge in [0.1, 0.15) is 11.6 Å². The molecule has 0 bridgehead atoms. The minimum absolute atomic E-state index is 0.224. The number of aliphatic hydroxyl groups is 1. The summed E-state index contributed by atoms with van der Waals surface area (Å²) >= 11 is 0. The van der Waals surface area contributed by atoms with E-state index in [1.807, 2.05) is 0 Å². The van der Waals surface area contributed by atoms with Crippen LogP contribution in [0.4, 0.5) is 17.6 Å². The van der Waals surface area contributed by atoms with Crippen molar-refractivity contribution in [3.63, 3.8) is 0 Å². The van der Waals surface area contributed by atoms with Crippen molar-refractivity contribution in [3.05, 3.63) is 6.07 Å². The van der Waals surface area contributed by atoms with E-state index >= 15 is 0 Å². The van der Waals surface area contributed by atoms with Gasteiger partial charge in [-0.1, -0.05) is 0 Å². The zero-order valence-corrected chi connectivity index (χ0v) is 8.99. The lowest BCUT2D eigenvalue weighted by Gasteiger charge is -2.08. The Kier molecular flexibility index (Phi) is 4.11. The highest BCUT2D eigenvalue weighted by Gasteiger charge is 2.01. The maximum Gasteiger partial charge on any atom is 0.223 e. The van der Waals surface area contributed by atoms with Crippen LogP contribution in [0.25, 0.3) is 0 Å². The Morgan fingerprint density at radius 3 is 2.73 bits per heavy atom. The number of hydrogen-bond acceptors (Lipinski definition) is 6. The number of anilines is 3. The summed E-state index contributed by atoms with van der Waals surface area (Å²) in [6.45, 7) is 2.40. The second kappa shape index (κ2) is 5.35. The fourth-order valence-electron chi connectivity index (χ4n) is 1.09. The number of aliphatic hydroxyl groups excluding tert-OH is 1. The van der Waals surface area contributed by atoms with E-state index in [1.165, 1.54) is 0 Å². The fourth-order valence-corrected chi connectivity index (χ4v) is 1.09. The minimum atomic E-state index is -0.319. The summed E-state index contributed by atoms with van der Waals surface area (Å²) in [6, 6.07) is 1.76. The van der Waals surface area contributed by atoms with E-state index in [2.05, 4.69) is 20.6 Å². The third-order valence-corrected chi connectivity index (χ3v) is 1.87. The molecule has 6 heteroatoms. The Labute approximate surface area is 88.9 Å². The van der Waals surface area contributed by atoms with Gasteiger partial charge in [0.2, 0.25) is 5.95 Å². The highest BCUT2D eigenvalue weighted by atomic mass is 16.3. The largest absolute Gasteiger partial charge is 0.393 e. The van der Waals surface area contributed by atoms with Crippen molar-refractivity contribution in [2.75, 3.05) is 30.0 Å². The van der Waals surface area contributed by atoms with Crippen LogP contribution in [-0.2, 0) is 0 Å². The lowest BCUT2D eigenvalue weighted by atomic mass is 10.3. The number of nitrogen functional groups attached to an aromatic ring is 1. The second-order valence-corrected chi connectivity index (χ2v) is 3.31. The Hall–Kier alpha value is -1.56. The quantitative estimate of drug-likeness (QED) is 0.559. The van der Waals surface area contributed by atoms with E-state index in [0.29, 0.717) is 24.6 Å². The Balaban J connectivity index is 2.56. The smallest absolute Gasteiger partial charge is 0.223 e. The molecule has 5 N–H and O–H groups in total. The van der Waals surface area contributed by atoms with Gasteiger partial charge in [0.25, 0.3) is 0 Å². The second-order valence-electron chi connectivity index (χ2n) is 3.31. The van der Waals surface area contributed by atoms with Crippen molar-refractivity contribution in [1.82, 2.24) is 9.97 Å². The van der Waals surface area contributed by atoms with Gasteiger partial charge in [-0.05, 0) is 13.3 Å². The molecule has 0 saturated carbocycles. The zero-order valence-electron chi connectivity index (χ0n) is 8.99. The van der Waals surface area contributed by atoms with Gasteiger partial charge < -0.3 is 21.5 Å². The Morgan fingerprint density at radius 2 is 2.13 bits per heavy atom. The highest BCUT2D eigenvalue weighted by Crippen LogP contribution is 2.11. The normalized spacial score (nSPS) is 12.2. The molecule has 1 rings (SSSR count). The minimum Gasteiger partial charge on any atom is -0.393 e. The lowest BCUT2D eigenvalue weighted by Crippen LogP contribution is -2.11. The van der Waals surface area contributed by atoms with Crippen LogP contribution in [-0.4, -0.2) is 34.8 Å². The number of aromatic nitrogens is 2.